The molecule has 1 N–H and O–H groups in total. The number of hydrogen-bond acceptors (Lipinski definition) is 0. The maximum atomic E-state index is 3.56. The molecular weight excluding hydrogens is 346 g/mol. The minimum absolute atomic E-state index is 0.936. The number of hydrogen-bond donors (Lipinski definition) is 1. The van der Waals surface area contributed by atoms with Crippen LogP contribution in [-0.4, -0.2) is 4.98 Å². The Hall–Kier alpha value is -2.32. The highest BCUT2D eigenvalue weighted by atomic mass is 79.9. The fourth-order valence-corrected chi connectivity index (χ4v) is 3.32. The first-order chi connectivity index (χ1) is 11.3. The molecule has 0 aliphatic carbocycles. The molecule has 112 valence electrons. The van der Waals surface area contributed by atoms with Gasteiger partial charge in [-0.1, -0.05) is 70.5 Å². The molecule has 0 bridgehead atoms. The summed E-state index contributed by atoms with van der Waals surface area (Å²) in [7, 11) is 0. The van der Waals surface area contributed by atoms with E-state index in [-0.39, 0.29) is 0 Å². The van der Waals surface area contributed by atoms with Gasteiger partial charge in [0, 0.05) is 21.6 Å². The van der Waals surface area contributed by atoms with E-state index in [1.54, 1.807) is 0 Å². The van der Waals surface area contributed by atoms with E-state index in [4.69, 9.17) is 0 Å². The molecule has 2 heteroatoms. The van der Waals surface area contributed by atoms with E-state index in [9.17, 15) is 0 Å². The molecule has 0 amide bonds. The molecule has 1 heterocycles. The lowest BCUT2D eigenvalue weighted by Crippen LogP contribution is -1.87. The average molecular weight is 362 g/mol. The first kappa shape index (κ1) is 14.3. The summed E-state index contributed by atoms with van der Waals surface area (Å²) < 4.78 is 1.12. The standard InChI is InChI=1S/C21H16BrN/c22-19-10-11-21-20(13-19)18(14-23-21)12-15-6-8-17(9-7-15)16-4-2-1-3-5-16/h1-11,13-14,23H,12H2. The number of benzene rings is 3. The van der Waals surface area contributed by atoms with Crippen LogP contribution in [0.5, 0.6) is 0 Å². The zero-order valence-corrected chi connectivity index (χ0v) is 14.2. The second-order valence-corrected chi connectivity index (χ2v) is 6.66. The van der Waals surface area contributed by atoms with Gasteiger partial charge in [-0.25, -0.2) is 0 Å². The van der Waals surface area contributed by atoms with Gasteiger partial charge in [0.05, 0.1) is 0 Å². The van der Waals surface area contributed by atoms with Gasteiger partial charge in [0.2, 0.25) is 0 Å². The summed E-state index contributed by atoms with van der Waals surface area (Å²) in [6.45, 7) is 0. The summed E-state index contributed by atoms with van der Waals surface area (Å²) in [5.74, 6) is 0. The topological polar surface area (TPSA) is 15.8 Å². The van der Waals surface area contributed by atoms with Crippen molar-refractivity contribution in [2.24, 2.45) is 0 Å². The molecule has 0 atom stereocenters. The van der Waals surface area contributed by atoms with Crippen LogP contribution in [0, 0.1) is 0 Å². The van der Waals surface area contributed by atoms with Crippen molar-refractivity contribution in [2.75, 3.05) is 0 Å². The van der Waals surface area contributed by atoms with Crippen molar-refractivity contribution >= 4 is 26.8 Å². The fraction of sp³-hybridized carbons (Fsp3) is 0.0476. The number of aromatic nitrogens is 1. The van der Waals surface area contributed by atoms with Gasteiger partial charge in [0.15, 0.2) is 0 Å². The Morgan fingerprint density at radius 2 is 1.52 bits per heavy atom. The van der Waals surface area contributed by atoms with Gasteiger partial charge in [-0.2, -0.15) is 0 Å². The highest BCUT2D eigenvalue weighted by Crippen LogP contribution is 2.26. The van der Waals surface area contributed by atoms with E-state index in [1.165, 1.54) is 33.2 Å². The third-order valence-corrected chi connectivity index (χ3v) is 4.68. The van der Waals surface area contributed by atoms with Crippen molar-refractivity contribution < 1.29 is 0 Å². The van der Waals surface area contributed by atoms with Gasteiger partial charge < -0.3 is 4.98 Å². The molecule has 0 fully saturated rings. The lowest BCUT2D eigenvalue weighted by molar-refractivity contribution is 1.21. The van der Waals surface area contributed by atoms with Crippen LogP contribution in [-0.2, 0) is 6.42 Å². The van der Waals surface area contributed by atoms with Crippen LogP contribution in [0.25, 0.3) is 22.0 Å². The SMILES string of the molecule is Brc1ccc2[nH]cc(Cc3ccc(-c4ccccc4)cc3)c2c1. The van der Waals surface area contributed by atoms with Gasteiger partial charge in [-0.15, -0.1) is 0 Å². The van der Waals surface area contributed by atoms with Crippen LogP contribution in [0.1, 0.15) is 11.1 Å². The molecule has 0 unspecified atom stereocenters. The molecule has 0 radical (unpaired) electrons. The predicted molar refractivity (Wildman–Crippen MR) is 101 cm³/mol. The van der Waals surface area contributed by atoms with E-state index in [0.29, 0.717) is 0 Å². The van der Waals surface area contributed by atoms with Crippen LogP contribution in [0.4, 0.5) is 0 Å². The zero-order chi connectivity index (χ0) is 15.6. The van der Waals surface area contributed by atoms with Crippen LogP contribution < -0.4 is 0 Å². The van der Waals surface area contributed by atoms with Crippen molar-refractivity contribution in [1.29, 1.82) is 0 Å². The highest BCUT2D eigenvalue weighted by Gasteiger charge is 2.06. The Morgan fingerprint density at radius 1 is 0.783 bits per heavy atom. The third-order valence-electron chi connectivity index (χ3n) is 4.19. The van der Waals surface area contributed by atoms with Gasteiger partial charge in [0.1, 0.15) is 0 Å². The maximum absolute atomic E-state index is 3.56. The average Bonchev–Trinajstić information content (AvgIpc) is 2.98. The summed E-state index contributed by atoms with van der Waals surface area (Å²) in [5, 5.41) is 1.28. The molecule has 1 nitrogen and oxygen atoms in total. The van der Waals surface area contributed by atoms with Gasteiger partial charge >= 0.3 is 0 Å². The molecule has 1 aromatic heterocycles. The van der Waals surface area contributed by atoms with Gasteiger partial charge in [0.25, 0.3) is 0 Å². The van der Waals surface area contributed by atoms with Crippen molar-refractivity contribution in [3.63, 3.8) is 0 Å². The van der Waals surface area contributed by atoms with Crippen LogP contribution >= 0.6 is 15.9 Å². The van der Waals surface area contributed by atoms with E-state index >= 15 is 0 Å². The Balaban J connectivity index is 1.62. The van der Waals surface area contributed by atoms with Crippen LogP contribution in [0.15, 0.2) is 83.5 Å². The predicted octanol–water partition coefficient (Wildman–Crippen LogP) is 6.19. The fourth-order valence-electron chi connectivity index (χ4n) is 2.96. The Labute approximate surface area is 144 Å². The smallest absolute Gasteiger partial charge is 0.0457 e. The first-order valence-electron chi connectivity index (χ1n) is 7.69. The summed E-state index contributed by atoms with van der Waals surface area (Å²) in [4.78, 5) is 3.35. The van der Waals surface area contributed by atoms with Crippen molar-refractivity contribution in [3.05, 3.63) is 94.6 Å². The molecule has 0 saturated heterocycles. The quantitative estimate of drug-likeness (QED) is 0.447. The lowest BCUT2D eigenvalue weighted by Gasteiger charge is -2.05. The van der Waals surface area contributed by atoms with E-state index in [0.717, 1.165) is 10.9 Å². The molecule has 3 aromatic carbocycles. The number of nitrogens with one attached hydrogen (secondary N) is 1. The Morgan fingerprint density at radius 3 is 2.30 bits per heavy atom. The van der Waals surface area contributed by atoms with Gasteiger partial charge in [-0.05, 0) is 46.9 Å². The summed E-state index contributed by atoms with van der Waals surface area (Å²) >= 11 is 3.56. The van der Waals surface area contributed by atoms with Crippen molar-refractivity contribution in [3.8, 4) is 11.1 Å². The summed E-state index contributed by atoms with van der Waals surface area (Å²) in [5.41, 5.74) is 6.36. The van der Waals surface area contributed by atoms with E-state index in [1.807, 2.05) is 6.07 Å². The Kier molecular flexibility index (Phi) is 3.76. The molecule has 0 spiro atoms. The lowest BCUT2D eigenvalue weighted by atomic mass is 10.0. The molecule has 0 aliphatic rings. The molecule has 23 heavy (non-hydrogen) atoms. The minimum Gasteiger partial charge on any atom is -0.361 e. The highest BCUT2D eigenvalue weighted by molar-refractivity contribution is 9.10. The Bertz CT molecular complexity index is 937. The maximum Gasteiger partial charge on any atom is 0.0457 e. The summed E-state index contributed by atoms with van der Waals surface area (Å²) in [6.07, 6.45) is 3.05. The van der Waals surface area contributed by atoms with Crippen molar-refractivity contribution in [1.82, 2.24) is 4.98 Å². The monoisotopic (exact) mass is 361 g/mol. The zero-order valence-electron chi connectivity index (χ0n) is 12.6. The number of fused-ring (bicyclic) bond motifs is 1. The third kappa shape index (κ3) is 2.95. The molecular formula is C21H16BrN. The molecule has 4 rings (SSSR count). The second kappa shape index (κ2) is 6.05. The molecule has 0 aliphatic heterocycles. The van der Waals surface area contributed by atoms with Crippen LogP contribution in [0.2, 0.25) is 0 Å². The minimum atomic E-state index is 0.936. The number of aromatic amines is 1. The number of H-pyrrole nitrogens is 1. The molecule has 4 aromatic rings. The van der Waals surface area contributed by atoms with Gasteiger partial charge in [-0.3, -0.25) is 0 Å². The van der Waals surface area contributed by atoms with Crippen molar-refractivity contribution in [2.45, 2.75) is 6.42 Å². The van der Waals surface area contributed by atoms with Crippen LogP contribution in [0.3, 0.4) is 0 Å². The van der Waals surface area contributed by atoms with E-state index < -0.39 is 0 Å². The number of halogens is 1. The molecule has 0 saturated carbocycles. The normalized spacial score (nSPS) is 11.0. The second-order valence-electron chi connectivity index (χ2n) is 5.74. The van der Waals surface area contributed by atoms with E-state index in [2.05, 4.69) is 93.8 Å². The summed E-state index contributed by atoms with van der Waals surface area (Å²) in [6, 6.07) is 25.7. The largest absolute Gasteiger partial charge is 0.361 e. The number of rotatable bonds is 3. The first-order valence-corrected chi connectivity index (χ1v) is 8.49.